The van der Waals surface area contributed by atoms with Gasteiger partial charge in [0.15, 0.2) is 23.5 Å². The molecule has 5 rings (SSSR count). The number of rotatable bonds is 8. The minimum absolute atomic E-state index is 0.0243. The number of benzene rings is 1. The molecule has 3 aromatic rings. The largest absolute Gasteiger partial charge is 0.382 e. The summed E-state index contributed by atoms with van der Waals surface area (Å²) in [5.74, 6) is -0.421. The second kappa shape index (κ2) is 11.2. The number of nitrogens with one attached hydrogen (secondary N) is 2. The van der Waals surface area contributed by atoms with Gasteiger partial charge in [-0.1, -0.05) is 32.9 Å². The van der Waals surface area contributed by atoms with Crippen molar-refractivity contribution in [3.8, 4) is 0 Å². The first-order valence-electron chi connectivity index (χ1n) is 14.1. The summed E-state index contributed by atoms with van der Waals surface area (Å²) in [4.78, 5) is 27.6. The summed E-state index contributed by atoms with van der Waals surface area (Å²) in [6.07, 6.45) is 2.54. The number of nitrogens with zero attached hydrogens (tertiary/aromatic N) is 5. The Morgan fingerprint density at radius 3 is 2.56 bits per heavy atom. The van der Waals surface area contributed by atoms with Gasteiger partial charge in [0.1, 0.15) is 30.2 Å². The van der Waals surface area contributed by atoms with Crippen LogP contribution < -0.4 is 16.4 Å². The quantitative estimate of drug-likeness (QED) is 0.372. The number of hydrogen-bond acceptors (Lipinski definition) is 9. The van der Waals surface area contributed by atoms with Gasteiger partial charge in [0.2, 0.25) is 0 Å². The summed E-state index contributed by atoms with van der Waals surface area (Å²) in [5, 5.41) is 5.96. The normalized spacial score (nSPS) is 24.5. The van der Waals surface area contributed by atoms with E-state index >= 15 is 0 Å². The third-order valence-corrected chi connectivity index (χ3v) is 7.61. The van der Waals surface area contributed by atoms with E-state index in [2.05, 4.69) is 51.3 Å². The highest BCUT2D eigenvalue weighted by Gasteiger charge is 2.56. The number of fused-ring (bicyclic) bond motifs is 2. The summed E-state index contributed by atoms with van der Waals surface area (Å²) in [7, 11) is 2.04. The molecule has 0 saturated carbocycles. The number of anilines is 2. The van der Waals surface area contributed by atoms with Crippen molar-refractivity contribution in [3.63, 3.8) is 0 Å². The molecule has 2 aliphatic heterocycles. The van der Waals surface area contributed by atoms with Crippen LogP contribution in [-0.4, -0.2) is 80.7 Å². The van der Waals surface area contributed by atoms with Gasteiger partial charge in [-0.3, -0.25) is 4.57 Å². The fourth-order valence-corrected chi connectivity index (χ4v) is 5.42. The van der Waals surface area contributed by atoms with E-state index in [0.29, 0.717) is 23.5 Å². The van der Waals surface area contributed by atoms with E-state index in [9.17, 15) is 4.79 Å². The molecule has 0 aliphatic carbocycles. The summed E-state index contributed by atoms with van der Waals surface area (Å²) >= 11 is 0. The highest BCUT2D eigenvalue weighted by molar-refractivity contribution is 5.89. The first-order chi connectivity index (χ1) is 19.3. The van der Waals surface area contributed by atoms with Crippen LogP contribution in [0.1, 0.15) is 59.8 Å². The Kier molecular flexibility index (Phi) is 7.94. The molecule has 2 amide bonds. The molecule has 0 spiro atoms. The molecule has 4 heterocycles. The standard InChI is InChI=1S/C29H42N8O4/c1-17(34-27(38)35-19-10-8-18(9-11-19)28(2,3)4)12-13-36(7)14-20-22-23(41-29(5,6)40-22)26(39-20)37-16-33-21-24(30)31-15-32-25(21)37/h8-11,15-17,20,22-23,26H,12-14H2,1-7H3,(H2,30,31,32)(H2,34,35,38)/t17?,20-,22-,23-,26-/m1/s1. The average molecular weight is 567 g/mol. The van der Waals surface area contributed by atoms with Crippen molar-refractivity contribution >= 4 is 28.7 Å². The Balaban J connectivity index is 1.15. The zero-order valence-electron chi connectivity index (χ0n) is 24.9. The van der Waals surface area contributed by atoms with Crippen LogP contribution in [0, 0.1) is 0 Å². The van der Waals surface area contributed by atoms with Gasteiger partial charge in [-0.05, 0) is 63.9 Å². The molecule has 5 atom stereocenters. The molecule has 2 fully saturated rings. The summed E-state index contributed by atoms with van der Waals surface area (Å²) in [6.45, 7) is 13.7. The predicted octanol–water partition coefficient (Wildman–Crippen LogP) is 3.66. The molecule has 0 bridgehead atoms. The first-order valence-corrected chi connectivity index (χ1v) is 14.1. The monoisotopic (exact) mass is 566 g/mol. The van der Waals surface area contributed by atoms with E-state index in [1.807, 2.05) is 56.7 Å². The van der Waals surface area contributed by atoms with Crippen LogP contribution >= 0.6 is 0 Å². The van der Waals surface area contributed by atoms with Crippen molar-refractivity contribution in [1.82, 2.24) is 29.7 Å². The van der Waals surface area contributed by atoms with Crippen molar-refractivity contribution in [1.29, 1.82) is 0 Å². The number of ether oxygens (including phenoxy) is 3. The van der Waals surface area contributed by atoms with Crippen molar-refractivity contribution in [3.05, 3.63) is 42.5 Å². The minimum Gasteiger partial charge on any atom is -0.382 e. The molecule has 222 valence electrons. The first kappa shape index (κ1) is 29.2. The van der Waals surface area contributed by atoms with Gasteiger partial charge in [0.05, 0.1) is 6.33 Å². The molecule has 2 aromatic heterocycles. The second-order valence-electron chi connectivity index (χ2n) is 12.6. The Labute approximate surface area is 241 Å². The number of carbonyl (C=O) groups excluding carboxylic acids is 1. The van der Waals surface area contributed by atoms with Gasteiger partial charge in [0.25, 0.3) is 0 Å². The van der Waals surface area contributed by atoms with E-state index in [0.717, 1.165) is 18.7 Å². The lowest BCUT2D eigenvalue weighted by Gasteiger charge is -2.27. The number of hydrogen-bond donors (Lipinski definition) is 3. The Morgan fingerprint density at radius 1 is 1.15 bits per heavy atom. The van der Waals surface area contributed by atoms with Gasteiger partial charge >= 0.3 is 6.03 Å². The van der Waals surface area contributed by atoms with Crippen LogP contribution in [0.25, 0.3) is 11.2 Å². The summed E-state index contributed by atoms with van der Waals surface area (Å²) in [5.41, 5.74) is 9.17. The lowest BCUT2D eigenvalue weighted by Crippen LogP contribution is -2.41. The topological polar surface area (TPSA) is 142 Å². The number of carbonyl (C=O) groups is 1. The smallest absolute Gasteiger partial charge is 0.319 e. The van der Waals surface area contributed by atoms with Gasteiger partial charge in [-0.2, -0.15) is 0 Å². The van der Waals surface area contributed by atoms with Crippen LogP contribution in [0.3, 0.4) is 0 Å². The minimum atomic E-state index is -0.739. The fourth-order valence-electron chi connectivity index (χ4n) is 5.42. The third kappa shape index (κ3) is 6.45. The van der Waals surface area contributed by atoms with Crippen LogP contribution in [0.2, 0.25) is 0 Å². The SMILES string of the molecule is CC(CCN(C)C[C@H]1O[C@@H](n2cnc3c(N)ncnc32)[C@@H]2OC(C)(C)O[C@@H]21)NC(=O)Nc1ccc(C(C)(C)C)cc1. The van der Waals surface area contributed by atoms with Crippen LogP contribution in [0.15, 0.2) is 36.9 Å². The molecule has 4 N–H and O–H groups in total. The van der Waals surface area contributed by atoms with Crippen LogP contribution in [-0.2, 0) is 19.6 Å². The molecular weight excluding hydrogens is 524 g/mol. The van der Waals surface area contributed by atoms with Crippen molar-refractivity contribution in [2.75, 3.05) is 31.2 Å². The molecule has 12 nitrogen and oxygen atoms in total. The number of aromatic nitrogens is 4. The highest BCUT2D eigenvalue weighted by Crippen LogP contribution is 2.44. The maximum atomic E-state index is 12.6. The zero-order valence-corrected chi connectivity index (χ0v) is 24.9. The predicted molar refractivity (Wildman–Crippen MR) is 156 cm³/mol. The zero-order chi connectivity index (χ0) is 29.5. The Hall–Kier alpha value is -3.32. The molecule has 12 heteroatoms. The molecule has 2 saturated heterocycles. The van der Waals surface area contributed by atoms with Crippen LogP contribution in [0.4, 0.5) is 16.3 Å². The summed E-state index contributed by atoms with van der Waals surface area (Å²) in [6, 6.07) is 7.73. The maximum Gasteiger partial charge on any atom is 0.319 e. The average Bonchev–Trinajstić information content (AvgIpc) is 3.54. The van der Waals surface area contributed by atoms with Gasteiger partial charge in [0, 0.05) is 18.3 Å². The number of amides is 2. The van der Waals surface area contributed by atoms with Gasteiger partial charge in [-0.15, -0.1) is 0 Å². The van der Waals surface area contributed by atoms with E-state index in [4.69, 9.17) is 19.9 Å². The van der Waals surface area contributed by atoms with Gasteiger partial charge < -0.3 is 35.5 Å². The summed E-state index contributed by atoms with van der Waals surface area (Å²) < 4.78 is 20.9. The molecular formula is C29H42N8O4. The Morgan fingerprint density at radius 2 is 1.85 bits per heavy atom. The van der Waals surface area contributed by atoms with Crippen molar-refractivity contribution in [2.24, 2.45) is 0 Å². The fraction of sp³-hybridized carbons (Fsp3) is 0.586. The number of likely N-dealkylation sites (N-methyl/N-ethyl adjacent to an activating group) is 1. The number of imidazole rings is 1. The third-order valence-electron chi connectivity index (χ3n) is 7.61. The molecule has 1 unspecified atom stereocenters. The van der Waals surface area contributed by atoms with Crippen molar-refractivity contribution < 1.29 is 19.0 Å². The van der Waals surface area contributed by atoms with E-state index in [1.54, 1.807) is 6.33 Å². The number of nitrogen functional groups attached to an aromatic ring is 1. The van der Waals surface area contributed by atoms with Crippen LogP contribution in [0.5, 0.6) is 0 Å². The van der Waals surface area contributed by atoms with Crippen molar-refractivity contribution in [2.45, 2.75) is 89.7 Å². The molecule has 0 radical (unpaired) electrons. The van der Waals surface area contributed by atoms with E-state index < -0.39 is 12.0 Å². The molecule has 1 aromatic carbocycles. The number of nitrogens with two attached hydrogens (primary N) is 1. The van der Waals surface area contributed by atoms with Gasteiger partial charge in [-0.25, -0.2) is 19.7 Å². The highest BCUT2D eigenvalue weighted by atomic mass is 16.8. The van der Waals surface area contributed by atoms with E-state index in [-0.39, 0.29) is 35.8 Å². The van der Waals surface area contributed by atoms with E-state index in [1.165, 1.54) is 11.9 Å². The number of urea groups is 1. The maximum absolute atomic E-state index is 12.6. The second-order valence-corrected chi connectivity index (χ2v) is 12.6. The molecule has 2 aliphatic rings. The Bertz CT molecular complexity index is 1370. The lowest BCUT2D eigenvalue weighted by atomic mass is 9.87. The lowest BCUT2D eigenvalue weighted by molar-refractivity contribution is -0.197. The molecule has 41 heavy (non-hydrogen) atoms.